The third kappa shape index (κ3) is 3.99. The van der Waals surface area contributed by atoms with Gasteiger partial charge in [0, 0.05) is 6.07 Å². The van der Waals surface area contributed by atoms with Crippen molar-refractivity contribution in [3.63, 3.8) is 0 Å². The number of nitrogens with zero attached hydrogens (tertiary/aromatic N) is 1. The standard InChI is InChI=1S/C16H17N3O7S2/c17-28(24,25)12-6-7-13(15(8-12)19(20)21)18-14-9-26-10-16(14)27(22,23)11-4-2-1-3-5-11/h1-8,14,16,18H,9-10H2,(H2,17,24,25)/t14-,16+/m1/s1. The minimum absolute atomic E-state index is 0.0187. The fraction of sp³-hybridized carbons (Fsp3) is 0.250. The Hall–Kier alpha value is -2.54. The van der Waals surface area contributed by atoms with Crippen LogP contribution in [0.1, 0.15) is 0 Å². The van der Waals surface area contributed by atoms with E-state index >= 15 is 0 Å². The molecular formula is C16H17N3O7S2. The minimum atomic E-state index is -4.13. The molecule has 2 atom stereocenters. The first-order valence-electron chi connectivity index (χ1n) is 8.05. The van der Waals surface area contributed by atoms with Crippen molar-refractivity contribution in [1.82, 2.24) is 0 Å². The van der Waals surface area contributed by atoms with E-state index in [2.05, 4.69) is 5.32 Å². The van der Waals surface area contributed by atoms with Crippen molar-refractivity contribution in [2.24, 2.45) is 5.14 Å². The third-order valence-electron chi connectivity index (χ3n) is 4.33. The number of nitro groups is 1. The van der Waals surface area contributed by atoms with E-state index in [4.69, 9.17) is 9.88 Å². The van der Waals surface area contributed by atoms with Crippen molar-refractivity contribution >= 4 is 31.2 Å². The Morgan fingerprint density at radius 2 is 1.71 bits per heavy atom. The maximum Gasteiger partial charge on any atom is 0.293 e. The van der Waals surface area contributed by atoms with Crippen molar-refractivity contribution < 1.29 is 26.5 Å². The van der Waals surface area contributed by atoms with Gasteiger partial charge in [0.2, 0.25) is 10.0 Å². The van der Waals surface area contributed by atoms with E-state index < -0.39 is 46.7 Å². The molecule has 0 radical (unpaired) electrons. The smallest absolute Gasteiger partial charge is 0.293 e. The van der Waals surface area contributed by atoms with E-state index in [-0.39, 0.29) is 23.8 Å². The molecule has 0 spiro atoms. The molecule has 0 saturated carbocycles. The molecule has 28 heavy (non-hydrogen) atoms. The van der Waals surface area contributed by atoms with E-state index in [0.29, 0.717) is 0 Å². The van der Waals surface area contributed by atoms with Gasteiger partial charge in [-0.2, -0.15) is 0 Å². The summed E-state index contributed by atoms with van der Waals surface area (Å²) in [5, 5.41) is 18.2. The van der Waals surface area contributed by atoms with Crippen molar-refractivity contribution in [3.05, 3.63) is 58.6 Å². The van der Waals surface area contributed by atoms with E-state index in [9.17, 15) is 26.9 Å². The molecule has 1 saturated heterocycles. The SMILES string of the molecule is NS(=O)(=O)c1ccc(N[C@@H]2COC[C@@H]2S(=O)(=O)c2ccccc2)c([N+](=O)[O-])c1. The summed E-state index contributed by atoms with van der Waals surface area (Å²) in [5.41, 5.74) is -0.560. The van der Waals surface area contributed by atoms with E-state index in [1.54, 1.807) is 18.2 Å². The number of hydrogen-bond donors (Lipinski definition) is 2. The highest BCUT2D eigenvalue weighted by atomic mass is 32.2. The number of nitrogens with one attached hydrogen (secondary N) is 1. The maximum atomic E-state index is 12.9. The molecule has 150 valence electrons. The molecule has 1 aliphatic rings. The molecule has 2 aromatic rings. The molecule has 0 unspecified atom stereocenters. The summed E-state index contributed by atoms with van der Waals surface area (Å²) in [7, 11) is -7.87. The average molecular weight is 427 g/mol. The molecule has 1 heterocycles. The molecule has 2 aromatic carbocycles. The van der Waals surface area contributed by atoms with Crippen LogP contribution < -0.4 is 10.5 Å². The predicted molar refractivity (Wildman–Crippen MR) is 100 cm³/mol. The topological polar surface area (TPSA) is 159 Å². The fourth-order valence-electron chi connectivity index (χ4n) is 2.92. The van der Waals surface area contributed by atoms with E-state index in [0.717, 1.165) is 12.1 Å². The van der Waals surface area contributed by atoms with Crippen molar-refractivity contribution in [1.29, 1.82) is 0 Å². The van der Waals surface area contributed by atoms with E-state index in [1.807, 2.05) is 0 Å². The summed E-state index contributed by atoms with van der Waals surface area (Å²) >= 11 is 0. The van der Waals surface area contributed by atoms with Gasteiger partial charge >= 0.3 is 0 Å². The van der Waals surface area contributed by atoms with Crippen LogP contribution >= 0.6 is 0 Å². The van der Waals surface area contributed by atoms with Crippen LogP contribution in [0, 0.1) is 10.1 Å². The number of rotatable bonds is 6. The first kappa shape index (κ1) is 20.2. The number of sulfone groups is 1. The Labute approximate surface area is 161 Å². The van der Waals surface area contributed by atoms with Gasteiger partial charge in [-0.25, -0.2) is 22.0 Å². The zero-order valence-corrected chi connectivity index (χ0v) is 16.0. The van der Waals surface area contributed by atoms with Crippen LogP contribution in [0.3, 0.4) is 0 Å². The summed E-state index contributed by atoms with van der Waals surface area (Å²) in [6.45, 7) is -0.0528. The number of ether oxygens (including phenoxy) is 1. The average Bonchev–Trinajstić information content (AvgIpc) is 3.10. The van der Waals surface area contributed by atoms with Crippen LogP contribution in [-0.4, -0.2) is 46.3 Å². The zero-order chi connectivity index (χ0) is 20.5. The highest BCUT2D eigenvalue weighted by Crippen LogP contribution is 2.31. The van der Waals surface area contributed by atoms with Gasteiger partial charge in [-0.1, -0.05) is 18.2 Å². The monoisotopic (exact) mass is 427 g/mol. The fourth-order valence-corrected chi connectivity index (χ4v) is 5.20. The number of benzene rings is 2. The number of hydrogen-bond acceptors (Lipinski definition) is 8. The Morgan fingerprint density at radius 1 is 1.04 bits per heavy atom. The predicted octanol–water partition coefficient (Wildman–Crippen LogP) is 0.895. The second kappa shape index (κ2) is 7.47. The molecular weight excluding hydrogens is 410 g/mol. The lowest BCUT2D eigenvalue weighted by Crippen LogP contribution is -2.38. The first-order chi connectivity index (χ1) is 13.1. The van der Waals surface area contributed by atoms with Gasteiger partial charge in [0.05, 0.1) is 34.0 Å². The van der Waals surface area contributed by atoms with Crippen LogP contribution in [0.15, 0.2) is 58.3 Å². The molecule has 1 fully saturated rings. The van der Waals surface area contributed by atoms with Gasteiger partial charge in [0.15, 0.2) is 9.84 Å². The lowest BCUT2D eigenvalue weighted by atomic mass is 10.2. The minimum Gasteiger partial charge on any atom is -0.378 e. The zero-order valence-electron chi connectivity index (χ0n) is 14.4. The normalized spacial score (nSPS) is 20.0. The summed E-state index contributed by atoms with van der Waals surface area (Å²) in [5.74, 6) is 0. The number of sulfonamides is 1. The number of nitrogens with two attached hydrogens (primary N) is 1. The van der Waals surface area contributed by atoms with Crippen LogP contribution in [0.4, 0.5) is 11.4 Å². The van der Waals surface area contributed by atoms with E-state index in [1.165, 1.54) is 18.2 Å². The Balaban J connectivity index is 1.94. The highest BCUT2D eigenvalue weighted by molar-refractivity contribution is 7.92. The molecule has 1 aliphatic heterocycles. The van der Waals surface area contributed by atoms with Gasteiger partial charge in [-0.3, -0.25) is 10.1 Å². The van der Waals surface area contributed by atoms with Crippen LogP contribution in [-0.2, 0) is 24.6 Å². The molecule has 3 rings (SSSR count). The lowest BCUT2D eigenvalue weighted by molar-refractivity contribution is -0.384. The summed E-state index contributed by atoms with van der Waals surface area (Å²) in [4.78, 5) is 10.3. The lowest BCUT2D eigenvalue weighted by Gasteiger charge is -2.20. The molecule has 0 bridgehead atoms. The highest BCUT2D eigenvalue weighted by Gasteiger charge is 2.40. The van der Waals surface area contributed by atoms with Crippen molar-refractivity contribution in [3.8, 4) is 0 Å². The first-order valence-corrected chi connectivity index (χ1v) is 11.1. The molecule has 3 N–H and O–H groups in total. The van der Waals surface area contributed by atoms with Crippen LogP contribution in [0.2, 0.25) is 0 Å². The summed E-state index contributed by atoms with van der Waals surface area (Å²) < 4.78 is 54.0. The second-order valence-corrected chi connectivity index (χ2v) is 9.89. The van der Waals surface area contributed by atoms with Crippen LogP contribution in [0.25, 0.3) is 0 Å². The number of anilines is 1. The van der Waals surface area contributed by atoms with Gasteiger partial charge in [0.25, 0.3) is 5.69 Å². The molecule has 0 aromatic heterocycles. The quantitative estimate of drug-likeness (QED) is 0.508. The molecule has 12 heteroatoms. The van der Waals surface area contributed by atoms with Gasteiger partial charge < -0.3 is 10.1 Å². The van der Waals surface area contributed by atoms with Gasteiger partial charge in [0.1, 0.15) is 10.9 Å². The molecule has 0 amide bonds. The largest absolute Gasteiger partial charge is 0.378 e. The Bertz CT molecular complexity index is 1100. The Morgan fingerprint density at radius 3 is 2.32 bits per heavy atom. The third-order valence-corrected chi connectivity index (χ3v) is 7.44. The van der Waals surface area contributed by atoms with Crippen LogP contribution in [0.5, 0.6) is 0 Å². The number of primary sulfonamides is 1. The maximum absolute atomic E-state index is 12.9. The number of nitro benzene ring substituents is 1. The summed E-state index contributed by atoms with van der Waals surface area (Å²) in [6, 6.07) is 10.2. The molecule has 0 aliphatic carbocycles. The molecule has 10 nitrogen and oxygen atoms in total. The van der Waals surface area contributed by atoms with Crippen molar-refractivity contribution in [2.45, 2.75) is 21.1 Å². The second-order valence-electron chi connectivity index (χ2n) is 6.17. The Kier molecular flexibility index (Phi) is 5.39. The summed E-state index contributed by atoms with van der Waals surface area (Å²) in [6.07, 6.45) is 0. The van der Waals surface area contributed by atoms with Crippen molar-refractivity contribution in [2.75, 3.05) is 18.5 Å². The van der Waals surface area contributed by atoms with Gasteiger partial charge in [-0.15, -0.1) is 0 Å². The van der Waals surface area contributed by atoms with Gasteiger partial charge in [-0.05, 0) is 24.3 Å².